The third kappa shape index (κ3) is 2.42. The lowest BCUT2D eigenvalue weighted by Crippen LogP contribution is -2.35. The van der Waals surface area contributed by atoms with Crippen molar-refractivity contribution in [3.8, 4) is 0 Å². The molecule has 13 heavy (non-hydrogen) atoms. The summed E-state index contributed by atoms with van der Waals surface area (Å²) in [4.78, 5) is 2.57. The van der Waals surface area contributed by atoms with Crippen molar-refractivity contribution in [2.75, 3.05) is 33.3 Å². The highest BCUT2D eigenvalue weighted by molar-refractivity contribution is 4.85. The molecule has 0 aliphatic carbocycles. The van der Waals surface area contributed by atoms with E-state index in [4.69, 9.17) is 4.74 Å². The Balaban J connectivity index is 1.70. The van der Waals surface area contributed by atoms with Crippen molar-refractivity contribution in [2.24, 2.45) is 0 Å². The van der Waals surface area contributed by atoms with Gasteiger partial charge in [-0.25, -0.2) is 0 Å². The SMILES string of the molecule is CO[C@@H]1CN[C@H](CN2CCCC2)C1. The van der Waals surface area contributed by atoms with Gasteiger partial charge < -0.3 is 15.0 Å². The van der Waals surface area contributed by atoms with E-state index in [1.54, 1.807) is 0 Å². The normalized spacial score (nSPS) is 35.8. The van der Waals surface area contributed by atoms with Crippen molar-refractivity contribution in [3.63, 3.8) is 0 Å². The largest absolute Gasteiger partial charge is 0.380 e. The average Bonchev–Trinajstić information content (AvgIpc) is 2.76. The molecule has 3 heteroatoms. The molecule has 0 amide bonds. The summed E-state index contributed by atoms with van der Waals surface area (Å²) in [5.41, 5.74) is 0. The first-order valence-corrected chi connectivity index (χ1v) is 5.37. The molecule has 76 valence electrons. The lowest BCUT2D eigenvalue weighted by molar-refractivity contribution is 0.116. The Morgan fingerprint density at radius 3 is 2.77 bits per heavy atom. The highest BCUT2D eigenvalue weighted by atomic mass is 16.5. The molecule has 2 aliphatic heterocycles. The highest BCUT2D eigenvalue weighted by Gasteiger charge is 2.26. The van der Waals surface area contributed by atoms with E-state index in [0.717, 1.165) is 6.54 Å². The average molecular weight is 184 g/mol. The van der Waals surface area contributed by atoms with Gasteiger partial charge in [-0.3, -0.25) is 0 Å². The van der Waals surface area contributed by atoms with Gasteiger partial charge in [-0.15, -0.1) is 0 Å². The smallest absolute Gasteiger partial charge is 0.0711 e. The Morgan fingerprint density at radius 1 is 1.38 bits per heavy atom. The number of hydrogen-bond donors (Lipinski definition) is 1. The number of likely N-dealkylation sites (tertiary alicyclic amines) is 1. The molecule has 0 aromatic carbocycles. The number of ether oxygens (including phenoxy) is 1. The predicted molar refractivity (Wildman–Crippen MR) is 52.9 cm³/mol. The second-order valence-corrected chi connectivity index (χ2v) is 4.21. The van der Waals surface area contributed by atoms with Crippen molar-refractivity contribution >= 4 is 0 Å². The zero-order valence-electron chi connectivity index (χ0n) is 8.46. The Bertz CT molecular complexity index is 157. The molecule has 2 aliphatic rings. The van der Waals surface area contributed by atoms with E-state index in [2.05, 4.69) is 10.2 Å². The van der Waals surface area contributed by atoms with Crippen LogP contribution in [0.3, 0.4) is 0 Å². The van der Waals surface area contributed by atoms with Gasteiger partial charge in [0, 0.05) is 26.2 Å². The van der Waals surface area contributed by atoms with Gasteiger partial charge in [-0.1, -0.05) is 0 Å². The van der Waals surface area contributed by atoms with Crippen LogP contribution in [0.2, 0.25) is 0 Å². The monoisotopic (exact) mass is 184 g/mol. The van der Waals surface area contributed by atoms with Crippen LogP contribution in [-0.2, 0) is 4.74 Å². The minimum absolute atomic E-state index is 0.451. The van der Waals surface area contributed by atoms with E-state index < -0.39 is 0 Å². The second-order valence-electron chi connectivity index (χ2n) is 4.21. The van der Waals surface area contributed by atoms with Gasteiger partial charge in [-0.2, -0.15) is 0 Å². The van der Waals surface area contributed by atoms with Crippen LogP contribution in [0.25, 0.3) is 0 Å². The molecule has 0 aromatic rings. The van der Waals surface area contributed by atoms with Crippen LogP contribution in [0, 0.1) is 0 Å². The standard InChI is InChI=1S/C10H20N2O/c1-13-10-6-9(11-7-10)8-12-4-2-3-5-12/h9-11H,2-8H2,1H3/t9-,10-/m0/s1. The first-order chi connectivity index (χ1) is 6.38. The van der Waals surface area contributed by atoms with Gasteiger partial charge in [0.15, 0.2) is 0 Å². The van der Waals surface area contributed by atoms with E-state index >= 15 is 0 Å². The third-order valence-corrected chi connectivity index (χ3v) is 3.19. The van der Waals surface area contributed by atoms with Gasteiger partial charge in [0.2, 0.25) is 0 Å². The molecule has 0 saturated carbocycles. The first-order valence-electron chi connectivity index (χ1n) is 5.37. The maximum absolute atomic E-state index is 5.32. The molecular weight excluding hydrogens is 164 g/mol. The van der Waals surface area contributed by atoms with Crippen molar-refractivity contribution in [1.82, 2.24) is 10.2 Å². The van der Waals surface area contributed by atoms with Crippen LogP contribution in [0.5, 0.6) is 0 Å². The molecule has 0 aromatic heterocycles. The molecule has 0 bridgehead atoms. The summed E-state index contributed by atoms with van der Waals surface area (Å²) in [6, 6.07) is 0.669. The van der Waals surface area contributed by atoms with Gasteiger partial charge in [0.25, 0.3) is 0 Å². The third-order valence-electron chi connectivity index (χ3n) is 3.19. The molecular formula is C10H20N2O. The van der Waals surface area contributed by atoms with Crippen molar-refractivity contribution < 1.29 is 4.74 Å². The number of methoxy groups -OCH3 is 1. The first kappa shape index (κ1) is 9.44. The molecule has 2 atom stereocenters. The van der Waals surface area contributed by atoms with Crippen molar-refractivity contribution in [3.05, 3.63) is 0 Å². The molecule has 0 spiro atoms. The van der Waals surface area contributed by atoms with E-state index in [0.29, 0.717) is 12.1 Å². The summed E-state index contributed by atoms with van der Waals surface area (Å²) in [7, 11) is 1.81. The fourth-order valence-corrected chi connectivity index (χ4v) is 2.38. The Morgan fingerprint density at radius 2 is 2.15 bits per heavy atom. The molecule has 2 saturated heterocycles. The second kappa shape index (κ2) is 4.40. The predicted octanol–water partition coefficient (Wildman–Crippen LogP) is 0.459. The Hall–Kier alpha value is -0.120. The summed E-state index contributed by atoms with van der Waals surface area (Å²) in [6.45, 7) is 4.86. The molecule has 2 heterocycles. The summed E-state index contributed by atoms with van der Waals surface area (Å²) in [5, 5.41) is 3.52. The Labute approximate surface area is 80.4 Å². The number of rotatable bonds is 3. The van der Waals surface area contributed by atoms with Crippen LogP contribution in [0.15, 0.2) is 0 Å². The van der Waals surface area contributed by atoms with Crippen LogP contribution in [-0.4, -0.2) is 50.3 Å². The van der Waals surface area contributed by atoms with E-state index in [9.17, 15) is 0 Å². The summed E-state index contributed by atoms with van der Waals surface area (Å²) >= 11 is 0. The van der Waals surface area contributed by atoms with Crippen LogP contribution < -0.4 is 5.32 Å². The lowest BCUT2D eigenvalue weighted by atomic mass is 10.2. The maximum atomic E-state index is 5.32. The van der Waals surface area contributed by atoms with E-state index in [1.165, 1.54) is 38.9 Å². The van der Waals surface area contributed by atoms with Gasteiger partial charge in [-0.05, 0) is 32.4 Å². The molecule has 1 N–H and O–H groups in total. The van der Waals surface area contributed by atoms with Gasteiger partial charge >= 0.3 is 0 Å². The van der Waals surface area contributed by atoms with Crippen LogP contribution >= 0.6 is 0 Å². The van der Waals surface area contributed by atoms with Crippen molar-refractivity contribution in [1.29, 1.82) is 0 Å². The molecule has 2 fully saturated rings. The van der Waals surface area contributed by atoms with E-state index in [1.807, 2.05) is 7.11 Å². The fourth-order valence-electron chi connectivity index (χ4n) is 2.38. The van der Waals surface area contributed by atoms with Gasteiger partial charge in [0.1, 0.15) is 0 Å². The topological polar surface area (TPSA) is 24.5 Å². The highest BCUT2D eigenvalue weighted by Crippen LogP contribution is 2.14. The van der Waals surface area contributed by atoms with E-state index in [-0.39, 0.29) is 0 Å². The summed E-state index contributed by atoms with van der Waals surface area (Å²) in [6.07, 6.45) is 4.42. The minimum atomic E-state index is 0.451. The number of hydrogen-bond acceptors (Lipinski definition) is 3. The molecule has 2 rings (SSSR count). The number of nitrogens with zero attached hydrogens (tertiary/aromatic N) is 1. The Kier molecular flexibility index (Phi) is 3.19. The zero-order valence-corrected chi connectivity index (χ0v) is 8.46. The molecule has 3 nitrogen and oxygen atoms in total. The number of nitrogens with one attached hydrogen (secondary N) is 1. The maximum Gasteiger partial charge on any atom is 0.0711 e. The van der Waals surface area contributed by atoms with Crippen LogP contribution in [0.1, 0.15) is 19.3 Å². The van der Waals surface area contributed by atoms with Gasteiger partial charge in [0.05, 0.1) is 6.10 Å². The quantitative estimate of drug-likeness (QED) is 0.689. The minimum Gasteiger partial charge on any atom is -0.380 e. The summed E-state index contributed by atoms with van der Waals surface area (Å²) < 4.78 is 5.32. The molecule has 0 radical (unpaired) electrons. The molecule has 0 unspecified atom stereocenters. The summed E-state index contributed by atoms with van der Waals surface area (Å²) in [5.74, 6) is 0. The van der Waals surface area contributed by atoms with Crippen molar-refractivity contribution in [2.45, 2.75) is 31.4 Å². The fraction of sp³-hybridized carbons (Fsp3) is 1.00. The zero-order chi connectivity index (χ0) is 9.10. The lowest BCUT2D eigenvalue weighted by Gasteiger charge is -2.19. The van der Waals surface area contributed by atoms with Crippen LogP contribution in [0.4, 0.5) is 0 Å².